The van der Waals surface area contributed by atoms with Gasteiger partial charge in [-0.25, -0.2) is 4.39 Å². The molecule has 0 aliphatic heterocycles. The molecule has 3 aromatic rings. The van der Waals surface area contributed by atoms with Crippen molar-refractivity contribution in [2.45, 2.75) is 13.8 Å². The maximum atomic E-state index is 13.7. The van der Waals surface area contributed by atoms with Gasteiger partial charge in [0, 0.05) is 17.1 Å². The van der Waals surface area contributed by atoms with Crippen LogP contribution in [0, 0.1) is 19.7 Å². The van der Waals surface area contributed by atoms with E-state index in [2.05, 4.69) is 15.2 Å². The first kappa shape index (κ1) is 11.7. The van der Waals surface area contributed by atoms with Gasteiger partial charge in [-0.2, -0.15) is 10.2 Å². The van der Waals surface area contributed by atoms with Crippen LogP contribution in [0.2, 0.25) is 0 Å². The van der Waals surface area contributed by atoms with Crippen LogP contribution in [0.1, 0.15) is 11.1 Å². The first-order valence-corrected chi connectivity index (χ1v) is 6.00. The van der Waals surface area contributed by atoms with Gasteiger partial charge in [-0.3, -0.25) is 4.98 Å². The van der Waals surface area contributed by atoms with Gasteiger partial charge < -0.3 is 0 Å². The predicted octanol–water partition coefficient (Wildman–Crippen LogP) is 3.45. The van der Waals surface area contributed by atoms with Crippen LogP contribution in [-0.2, 0) is 0 Å². The summed E-state index contributed by atoms with van der Waals surface area (Å²) in [5, 5.41) is 8.87. The van der Waals surface area contributed by atoms with E-state index in [0.717, 1.165) is 22.0 Å². The molecule has 3 rings (SSSR count). The highest BCUT2D eigenvalue weighted by Gasteiger charge is 2.12. The summed E-state index contributed by atoms with van der Waals surface area (Å²) in [7, 11) is 0. The smallest absolute Gasteiger partial charge is 0.124 e. The fourth-order valence-electron chi connectivity index (χ4n) is 2.12. The first-order valence-electron chi connectivity index (χ1n) is 6.00. The Kier molecular flexibility index (Phi) is 2.71. The molecule has 0 fully saturated rings. The number of fused-ring (bicyclic) bond motifs is 1. The number of nitrogens with zero attached hydrogens (tertiary/aromatic N) is 3. The number of benzene rings is 1. The highest BCUT2D eigenvalue weighted by atomic mass is 19.1. The van der Waals surface area contributed by atoms with Crippen molar-refractivity contribution in [3.63, 3.8) is 0 Å². The number of hydrogen-bond donors (Lipinski definition) is 0. The predicted molar refractivity (Wildman–Crippen MR) is 72.2 cm³/mol. The van der Waals surface area contributed by atoms with Crippen molar-refractivity contribution in [2.24, 2.45) is 0 Å². The molecule has 0 aliphatic carbocycles. The van der Waals surface area contributed by atoms with Gasteiger partial charge in [0.25, 0.3) is 0 Å². The molecule has 19 heavy (non-hydrogen) atoms. The Morgan fingerprint density at radius 2 is 2.00 bits per heavy atom. The molecule has 0 spiro atoms. The Balaban J connectivity index is 2.39. The second-order valence-corrected chi connectivity index (χ2v) is 4.53. The van der Waals surface area contributed by atoms with Crippen LogP contribution in [0.25, 0.3) is 22.2 Å². The molecule has 0 saturated heterocycles. The summed E-state index contributed by atoms with van der Waals surface area (Å²) in [6, 6.07) is 6.57. The van der Waals surface area contributed by atoms with E-state index in [9.17, 15) is 4.39 Å². The van der Waals surface area contributed by atoms with Crippen molar-refractivity contribution in [1.82, 2.24) is 15.2 Å². The van der Waals surface area contributed by atoms with Gasteiger partial charge >= 0.3 is 0 Å². The van der Waals surface area contributed by atoms with Crippen LogP contribution < -0.4 is 0 Å². The largest absolute Gasteiger partial charge is 0.256 e. The average molecular weight is 253 g/mol. The summed E-state index contributed by atoms with van der Waals surface area (Å²) in [5.74, 6) is -0.293. The molecular formula is C15H12FN3. The van der Waals surface area contributed by atoms with E-state index in [1.807, 2.05) is 19.9 Å². The zero-order valence-electron chi connectivity index (χ0n) is 10.7. The molecule has 2 aromatic heterocycles. The van der Waals surface area contributed by atoms with Crippen LogP contribution >= 0.6 is 0 Å². The van der Waals surface area contributed by atoms with Gasteiger partial charge in [-0.15, -0.1) is 0 Å². The monoisotopic (exact) mass is 253 g/mol. The molecule has 4 heteroatoms. The van der Waals surface area contributed by atoms with E-state index in [1.165, 1.54) is 12.1 Å². The molecule has 0 atom stereocenters. The van der Waals surface area contributed by atoms with E-state index in [1.54, 1.807) is 18.5 Å². The van der Waals surface area contributed by atoms with Crippen molar-refractivity contribution >= 4 is 10.9 Å². The van der Waals surface area contributed by atoms with Crippen LogP contribution in [0.15, 0.2) is 36.7 Å². The lowest BCUT2D eigenvalue weighted by atomic mass is 10.0. The highest BCUT2D eigenvalue weighted by Crippen LogP contribution is 2.29. The van der Waals surface area contributed by atoms with Crippen LogP contribution in [0.5, 0.6) is 0 Å². The summed E-state index contributed by atoms with van der Waals surface area (Å²) in [6.07, 6.45) is 3.40. The molecule has 0 amide bonds. The number of aromatic nitrogens is 3. The minimum Gasteiger partial charge on any atom is -0.256 e. The summed E-state index contributed by atoms with van der Waals surface area (Å²) >= 11 is 0. The lowest BCUT2D eigenvalue weighted by Gasteiger charge is -2.09. The normalized spacial score (nSPS) is 10.9. The second kappa shape index (κ2) is 4.39. The Bertz CT molecular complexity index is 768. The summed E-state index contributed by atoms with van der Waals surface area (Å²) in [5.41, 5.74) is 4.13. The standard InChI is InChI=1S/C15H12FN3/c1-9-8-18-19-14(10(9)2)13-7-12(16)6-11-4-3-5-17-15(11)13/h3-8H,1-2H3. The maximum Gasteiger partial charge on any atom is 0.124 e. The summed E-state index contributed by atoms with van der Waals surface area (Å²) in [4.78, 5) is 4.33. The molecule has 94 valence electrons. The Labute approximate surface area is 110 Å². The third-order valence-corrected chi connectivity index (χ3v) is 3.28. The Morgan fingerprint density at radius 1 is 1.16 bits per heavy atom. The molecule has 0 saturated carbocycles. The average Bonchev–Trinajstić information content (AvgIpc) is 2.41. The third kappa shape index (κ3) is 1.95. The highest BCUT2D eigenvalue weighted by molar-refractivity contribution is 5.93. The van der Waals surface area contributed by atoms with E-state index in [4.69, 9.17) is 0 Å². The summed E-state index contributed by atoms with van der Waals surface area (Å²) < 4.78 is 13.7. The molecular weight excluding hydrogens is 241 g/mol. The minimum atomic E-state index is -0.293. The zero-order chi connectivity index (χ0) is 13.4. The van der Waals surface area contributed by atoms with Crippen molar-refractivity contribution in [3.05, 3.63) is 53.6 Å². The third-order valence-electron chi connectivity index (χ3n) is 3.28. The van der Waals surface area contributed by atoms with E-state index >= 15 is 0 Å². The van der Waals surface area contributed by atoms with Crippen LogP contribution in [-0.4, -0.2) is 15.2 Å². The van der Waals surface area contributed by atoms with Crippen molar-refractivity contribution in [1.29, 1.82) is 0 Å². The summed E-state index contributed by atoms with van der Waals surface area (Å²) in [6.45, 7) is 3.92. The van der Waals surface area contributed by atoms with E-state index in [-0.39, 0.29) is 5.82 Å². The lowest BCUT2D eigenvalue weighted by molar-refractivity contribution is 0.630. The molecule has 0 aliphatic rings. The molecule has 2 heterocycles. The van der Waals surface area contributed by atoms with Gasteiger partial charge in [-0.05, 0) is 43.2 Å². The SMILES string of the molecule is Cc1cnnc(-c2cc(F)cc3cccnc23)c1C. The van der Waals surface area contributed by atoms with Crippen molar-refractivity contribution in [3.8, 4) is 11.3 Å². The van der Waals surface area contributed by atoms with Crippen molar-refractivity contribution in [2.75, 3.05) is 0 Å². The minimum absolute atomic E-state index is 0.293. The number of hydrogen-bond acceptors (Lipinski definition) is 3. The van der Waals surface area contributed by atoms with Crippen LogP contribution in [0.4, 0.5) is 4.39 Å². The molecule has 0 N–H and O–H groups in total. The maximum absolute atomic E-state index is 13.7. The fourth-order valence-corrected chi connectivity index (χ4v) is 2.12. The number of rotatable bonds is 1. The fraction of sp³-hybridized carbons (Fsp3) is 0.133. The number of pyridine rings is 1. The molecule has 0 radical (unpaired) electrons. The molecule has 0 bridgehead atoms. The number of aryl methyl sites for hydroxylation is 1. The number of halogens is 1. The zero-order valence-corrected chi connectivity index (χ0v) is 10.7. The molecule has 0 unspecified atom stereocenters. The quantitative estimate of drug-likeness (QED) is 0.666. The van der Waals surface area contributed by atoms with Crippen molar-refractivity contribution < 1.29 is 4.39 Å². The Morgan fingerprint density at radius 3 is 2.84 bits per heavy atom. The van der Waals surface area contributed by atoms with Gasteiger partial charge in [0.1, 0.15) is 5.82 Å². The van der Waals surface area contributed by atoms with Gasteiger partial charge in [0.15, 0.2) is 0 Å². The molecule has 3 nitrogen and oxygen atoms in total. The topological polar surface area (TPSA) is 38.7 Å². The van der Waals surface area contributed by atoms with E-state index in [0.29, 0.717) is 11.3 Å². The van der Waals surface area contributed by atoms with Gasteiger partial charge in [0.05, 0.1) is 17.4 Å². The van der Waals surface area contributed by atoms with Gasteiger partial charge in [-0.1, -0.05) is 6.07 Å². The van der Waals surface area contributed by atoms with Crippen LogP contribution in [0.3, 0.4) is 0 Å². The first-order chi connectivity index (χ1) is 9.16. The van der Waals surface area contributed by atoms with E-state index < -0.39 is 0 Å². The second-order valence-electron chi connectivity index (χ2n) is 4.53. The van der Waals surface area contributed by atoms with Gasteiger partial charge in [0.2, 0.25) is 0 Å². The molecule has 1 aromatic carbocycles. The lowest BCUT2D eigenvalue weighted by Crippen LogP contribution is -1.96. The Hall–Kier alpha value is -2.36.